The molecule has 112 valence electrons. The maximum absolute atomic E-state index is 12.3. The van der Waals surface area contributed by atoms with Crippen molar-refractivity contribution in [3.05, 3.63) is 47.8 Å². The molecule has 1 aliphatic carbocycles. The molecule has 1 aromatic heterocycles. The van der Waals surface area contributed by atoms with E-state index >= 15 is 0 Å². The van der Waals surface area contributed by atoms with Crippen LogP contribution in [-0.2, 0) is 10.0 Å². The summed E-state index contributed by atoms with van der Waals surface area (Å²) >= 11 is 0. The van der Waals surface area contributed by atoms with Crippen molar-refractivity contribution in [1.29, 1.82) is 0 Å². The van der Waals surface area contributed by atoms with E-state index in [-0.39, 0.29) is 17.1 Å². The van der Waals surface area contributed by atoms with Crippen molar-refractivity contribution in [3.8, 4) is 0 Å². The van der Waals surface area contributed by atoms with Gasteiger partial charge in [-0.25, -0.2) is 18.7 Å². The van der Waals surface area contributed by atoms with Gasteiger partial charge < -0.3 is 5.73 Å². The number of anilines is 1. The number of hydrazine groups is 1. The Kier molecular flexibility index (Phi) is 4.39. The summed E-state index contributed by atoms with van der Waals surface area (Å²) in [5.41, 5.74) is 5.90. The maximum atomic E-state index is 12.3. The Bertz CT molecular complexity index is 710. The Hall–Kier alpha value is -2.19. The number of allylic oxidation sites excluding steroid dienone is 3. The highest BCUT2D eigenvalue weighted by molar-refractivity contribution is 7.92. The minimum absolute atomic E-state index is 0.0464. The molecular formula is C13H16N4O3S. The summed E-state index contributed by atoms with van der Waals surface area (Å²) in [6.45, 7) is 0. The normalized spacial score (nSPS) is 14.6. The first kappa shape index (κ1) is 15.2. The fraction of sp³-hybridized carbons (Fsp3) is 0.231. The molecule has 0 bridgehead atoms. The van der Waals surface area contributed by atoms with E-state index in [0.29, 0.717) is 9.99 Å². The van der Waals surface area contributed by atoms with Gasteiger partial charge in [-0.1, -0.05) is 18.2 Å². The molecule has 2 rings (SSSR count). The number of carbonyl (C=O) groups is 1. The number of aromatic nitrogens is 1. The Labute approximate surface area is 123 Å². The van der Waals surface area contributed by atoms with E-state index < -0.39 is 15.9 Å². The molecular weight excluding hydrogens is 292 g/mol. The third-order valence-corrected chi connectivity index (χ3v) is 4.48. The fourth-order valence-electron chi connectivity index (χ4n) is 1.91. The monoisotopic (exact) mass is 308 g/mol. The van der Waals surface area contributed by atoms with E-state index in [1.807, 2.05) is 12.2 Å². The van der Waals surface area contributed by atoms with E-state index in [2.05, 4.69) is 4.98 Å². The van der Waals surface area contributed by atoms with Crippen LogP contribution in [0.1, 0.15) is 23.3 Å². The smallest absolute Gasteiger partial charge is 0.267 e. The van der Waals surface area contributed by atoms with Crippen LogP contribution in [0.25, 0.3) is 0 Å². The van der Waals surface area contributed by atoms with Gasteiger partial charge in [-0.15, -0.1) is 0 Å². The van der Waals surface area contributed by atoms with Gasteiger partial charge in [0, 0.05) is 6.20 Å². The van der Waals surface area contributed by atoms with E-state index in [4.69, 9.17) is 11.6 Å². The number of rotatable bonds is 5. The second-order valence-electron chi connectivity index (χ2n) is 4.57. The van der Waals surface area contributed by atoms with E-state index in [1.54, 1.807) is 6.08 Å². The number of carbonyl (C=O) groups excluding carboxylic acids is 1. The first-order valence-corrected chi connectivity index (χ1v) is 7.90. The topological polar surface area (TPSA) is 119 Å². The lowest BCUT2D eigenvalue weighted by Gasteiger charge is -2.19. The van der Waals surface area contributed by atoms with Crippen LogP contribution in [-0.4, -0.2) is 25.1 Å². The Morgan fingerprint density at radius 2 is 2.14 bits per heavy atom. The maximum Gasteiger partial charge on any atom is 0.267 e. The summed E-state index contributed by atoms with van der Waals surface area (Å²) in [7, 11) is -3.74. The standard InChI is InChI=1S/C13H16N4O3S/c14-13(18)12-8-11(6-7-16-12)17(15)21(19,20)9-10-4-2-1-3-5-10/h2,4-8H,1,3,9,15H2,(H2,14,18). The zero-order chi connectivity index (χ0) is 15.5. The average Bonchev–Trinajstić information content (AvgIpc) is 2.47. The largest absolute Gasteiger partial charge is 0.364 e. The molecule has 21 heavy (non-hydrogen) atoms. The molecule has 0 aliphatic heterocycles. The highest BCUT2D eigenvalue weighted by atomic mass is 32.2. The van der Waals surface area contributed by atoms with Crippen LogP contribution in [0.15, 0.2) is 42.1 Å². The first-order chi connectivity index (χ1) is 9.90. The van der Waals surface area contributed by atoms with Gasteiger partial charge in [0.25, 0.3) is 15.9 Å². The molecule has 4 N–H and O–H groups in total. The number of nitrogens with zero attached hydrogens (tertiary/aromatic N) is 2. The molecule has 1 heterocycles. The highest BCUT2D eigenvalue weighted by Gasteiger charge is 2.21. The SMILES string of the molecule is NC(=O)c1cc(N(N)S(=O)(=O)CC2=CCCC=C2)ccn1. The molecule has 0 saturated carbocycles. The van der Waals surface area contributed by atoms with E-state index in [0.717, 1.165) is 12.8 Å². The minimum Gasteiger partial charge on any atom is -0.364 e. The van der Waals surface area contributed by atoms with Gasteiger partial charge in [-0.05, 0) is 30.5 Å². The number of pyridine rings is 1. The molecule has 0 spiro atoms. The number of sulfonamides is 1. The molecule has 8 heteroatoms. The van der Waals surface area contributed by atoms with Crippen molar-refractivity contribution in [1.82, 2.24) is 4.98 Å². The molecule has 1 aromatic rings. The number of nitrogens with two attached hydrogens (primary N) is 2. The molecule has 0 atom stereocenters. The van der Waals surface area contributed by atoms with Crippen molar-refractivity contribution in [3.63, 3.8) is 0 Å². The average molecular weight is 308 g/mol. The summed E-state index contributed by atoms with van der Waals surface area (Å²) in [4.78, 5) is 14.8. The van der Waals surface area contributed by atoms with Crippen LogP contribution in [0.5, 0.6) is 0 Å². The quantitative estimate of drug-likeness (QED) is 0.605. The zero-order valence-electron chi connectivity index (χ0n) is 11.3. The Balaban J connectivity index is 2.23. The first-order valence-electron chi connectivity index (χ1n) is 6.29. The number of hydrogen-bond donors (Lipinski definition) is 2. The van der Waals surface area contributed by atoms with Crippen LogP contribution in [0.4, 0.5) is 5.69 Å². The van der Waals surface area contributed by atoms with Gasteiger partial charge in [0.05, 0.1) is 11.4 Å². The van der Waals surface area contributed by atoms with Gasteiger partial charge in [-0.2, -0.15) is 0 Å². The van der Waals surface area contributed by atoms with Crippen molar-refractivity contribution < 1.29 is 13.2 Å². The van der Waals surface area contributed by atoms with Gasteiger partial charge in [-0.3, -0.25) is 9.78 Å². The summed E-state index contributed by atoms with van der Waals surface area (Å²) in [6, 6.07) is 2.64. The highest BCUT2D eigenvalue weighted by Crippen LogP contribution is 2.18. The minimum atomic E-state index is -3.74. The van der Waals surface area contributed by atoms with Crippen molar-refractivity contribution in [2.24, 2.45) is 11.6 Å². The fourth-order valence-corrected chi connectivity index (χ4v) is 3.12. The predicted octanol–water partition coefficient (Wildman–Crippen LogP) is 0.467. The van der Waals surface area contributed by atoms with Crippen LogP contribution in [0, 0.1) is 0 Å². The molecule has 0 saturated heterocycles. The summed E-state index contributed by atoms with van der Waals surface area (Å²) < 4.78 is 25.2. The van der Waals surface area contributed by atoms with Gasteiger partial charge in [0.15, 0.2) is 0 Å². The lowest BCUT2D eigenvalue weighted by molar-refractivity contribution is 0.0995. The second-order valence-corrected chi connectivity index (χ2v) is 6.42. The summed E-state index contributed by atoms with van der Waals surface area (Å²) in [6.07, 6.45) is 8.56. The molecule has 0 unspecified atom stereocenters. The second kappa shape index (κ2) is 6.06. The Morgan fingerprint density at radius 1 is 1.38 bits per heavy atom. The van der Waals surface area contributed by atoms with Crippen LogP contribution in [0.2, 0.25) is 0 Å². The van der Waals surface area contributed by atoms with Crippen LogP contribution >= 0.6 is 0 Å². The van der Waals surface area contributed by atoms with Crippen molar-refractivity contribution in [2.45, 2.75) is 12.8 Å². The summed E-state index contributed by atoms with van der Waals surface area (Å²) in [5, 5.41) is 0. The van der Waals surface area contributed by atoms with Crippen LogP contribution < -0.4 is 16.0 Å². The van der Waals surface area contributed by atoms with Gasteiger partial charge in [0.1, 0.15) is 5.69 Å². The van der Waals surface area contributed by atoms with E-state index in [1.165, 1.54) is 18.3 Å². The lowest BCUT2D eigenvalue weighted by Crippen LogP contribution is -2.39. The third kappa shape index (κ3) is 3.67. The number of primary amides is 1. The molecule has 0 radical (unpaired) electrons. The number of amides is 1. The van der Waals surface area contributed by atoms with Gasteiger partial charge in [0.2, 0.25) is 0 Å². The van der Waals surface area contributed by atoms with Crippen molar-refractivity contribution >= 4 is 21.6 Å². The van der Waals surface area contributed by atoms with E-state index in [9.17, 15) is 13.2 Å². The summed E-state index contributed by atoms with van der Waals surface area (Å²) in [5.74, 6) is 4.72. The molecule has 7 nitrogen and oxygen atoms in total. The molecule has 0 aromatic carbocycles. The van der Waals surface area contributed by atoms with Crippen LogP contribution in [0.3, 0.4) is 0 Å². The Morgan fingerprint density at radius 3 is 2.76 bits per heavy atom. The molecule has 0 fully saturated rings. The van der Waals surface area contributed by atoms with Crippen molar-refractivity contribution in [2.75, 3.05) is 10.2 Å². The zero-order valence-corrected chi connectivity index (χ0v) is 12.1. The predicted molar refractivity (Wildman–Crippen MR) is 79.7 cm³/mol. The molecule has 1 aliphatic rings. The number of hydrogen-bond acceptors (Lipinski definition) is 5. The third-order valence-electron chi connectivity index (χ3n) is 2.97. The lowest BCUT2D eigenvalue weighted by atomic mass is 10.1. The molecule has 1 amide bonds. The van der Waals surface area contributed by atoms with Gasteiger partial charge >= 0.3 is 0 Å².